The summed E-state index contributed by atoms with van der Waals surface area (Å²) in [5.41, 5.74) is 0. The number of aromatic nitrogens is 2. The van der Waals surface area contributed by atoms with Crippen molar-refractivity contribution in [3.63, 3.8) is 0 Å². The Morgan fingerprint density at radius 3 is 2.78 bits per heavy atom. The summed E-state index contributed by atoms with van der Waals surface area (Å²) < 4.78 is 5.46. The van der Waals surface area contributed by atoms with Crippen molar-refractivity contribution in [2.24, 2.45) is 5.92 Å². The molecule has 0 aromatic carbocycles. The van der Waals surface area contributed by atoms with Crippen molar-refractivity contribution in [2.75, 3.05) is 7.05 Å². The quantitative estimate of drug-likeness (QED) is 0.873. The number of hydrogen-bond donors (Lipinski definition) is 1. The lowest BCUT2D eigenvalue weighted by Gasteiger charge is -2.18. The van der Waals surface area contributed by atoms with Crippen LogP contribution in [0.4, 0.5) is 0 Å². The van der Waals surface area contributed by atoms with Gasteiger partial charge in [0.15, 0.2) is 5.82 Å². The Bertz CT molecular complexity index is 373. The molecule has 4 atom stereocenters. The topological polar surface area (TPSA) is 51.0 Å². The fourth-order valence-electron chi connectivity index (χ4n) is 3.02. The van der Waals surface area contributed by atoms with E-state index in [0.717, 1.165) is 24.1 Å². The monoisotopic (exact) mass is 251 g/mol. The van der Waals surface area contributed by atoms with Crippen LogP contribution in [0, 0.1) is 5.92 Å². The van der Waals surface area contributed by atoms with Crippen molar-refractivity contribution in [3.05, 3.63) is 11.7 Å². The summed E-state index contributed by atoms with van der Waals surface area (Å²) in [7, 11) is 1.99. The fourth-order valence-corrected chi connectivity index (χ4v) is 3.02. The maximum atomic E-state index is 5.46. The molecule has 0 spiro atoms. The second-order valence-corrected chi connectivity index (χ2v) is 5.70. The van der Waals surface area contributed by atoms with E-state index in [-0.39, 0.29) is 5.92 Å². The highest BCUT2D eigenvalue weighted by molar-refractivity contribution is 5.03. The van der Waals surface area contributed by atoms with Crippen LogP contribution in [0.1, 0.15) is 70.0 Å². The van der Waals surface area contributed by atoms with Crippen LogP contribution < -0.4 is 5.32 Å². The van der Waals surface area contributed by atoms with Gasteiger partial charge in [-0.2, -0.15) is 4.98 Å². The first kappa shape index (κ1) is 13.5. The summed E-state index contributed by atoms with van der Waals surface area (Å²) in [4.78, 5) is 4.63. The maximum absolute atomic E-state index is 5.46. The SMILES string of the molecule is CCC(NC)C(C)c1nc(C2CCC(C)C2)no1. The third kappa shape index (κ3) is 2.74. The first-order valence-electron chi connectivity index (χ1n) is 7.16. The smallest absolute Gasteiger partial charge is 0.231 e. The van der Waals surface area contributed by atoms with Crippen LogP contribution in [0.15, 0.2) is 4.52 Å². The van der Waals surface area contributed by atoms with Gasteiger partial charge in [-0.25, -0.2) is 0 Å². The molecule has 1 N–H and O–H groups in total. The molecule has 1 saturated carbocycles. The minimum absolute atomic E-state index is 0.278. The van der Waals surface area contributed by atoms with Gasteiger partial charge in [0.05, 0.1) is 5.92 Å². The van der Waals surface area contributed by atoms with Crippen molar-refractivity contribution in [1.29, 1.82) is 0 Å². The summed E-state index contributed by atoms with van der Waals surface area (Å²) in [6, 6.07) is 0.404. The molecular formula is C14H25N3O. The molecule has 4 heteroatoms. The molecule has 1 aliphatic carbocycles. The van der Waals surface area contributed by atoms with E-state index in [4.69, 9.17) is 4.52 Å². The predicted octanol–water partition coefficient (Wildman–Crippen LogP) is 3.07. The molecule has 0 bridgehead atoms. The first-order chi connectivity index (χ1) is 8.65. The molecule has 1 fully saturated rings. The van der Waals surface area contributed by atoms with Crippen LogP contribution in [0.3, 0.4) is 0 Å². The second-order valence-electron chi connectivity index (χ2n) is 5.70. The highest BCUT2D eigenvalue weighted by Crippen LogP contribution is 2.37. The Morgan fingerprint density at radius 1 is 1.44 bits per heavy atom. The van der Waals surface area contributed by atoms with E-state index in [1.165, 1.54) is 19.3 Å². The van der Waals surface area contributed by atoms with Crippen LogP contribution in [-0.2, 0) is 0 Å². The molecular weight excluding hydrogens is 226 g/mol. The lowest BCUT2D eigenvalue weighted by Crippen LogP contribution is -2.30. The number of hydrogen-bond acceptors (Lipinski definition) is 4. The molecule has 1 aromatic rings. The Morgan fingerprint density at radius 2 is 2.22 bits per heavy atom. The van der Waals surface area contributed by atoms with E-state index >= 15 is 0 Å². The van der Waals surface area contributed by atoms with Gasteiger partial charge in [-0.1, -0.05) is 25.9 Å². The van der Waals surface area contributed by atoms with Gasteiger partial charge in [-0.15, -0.1) is 0 Å². The van der Waals surface area contributed by atoms with Crippen LogP contribution in [-0.4, -0.2) is 23.2 Å². The summed E-state index contributed by atoms with van der Waals surface area (Å²) in [6.07, 6.45) is 4.77. The van der Waals surface area contributed by atoms with E-state index in [2.05, 4.69) is 36.2 Å². The molecule has 2 rings (SSSR count). The zero-order valence-electron chi connectivity index (χ0n) is 11.9. The minimum Gasteiger partial charge on any atom is -0.339 e. The second kappa shape index (κ2) is 5.83. The van der Waals surface area contributed by atoms with Gasteiger partial charge in [-0.05, 0) is 38.6 Å². The molecule has 18 heavy (non-hydrogen) atoms. The van der Waals surface area contributed by atoms with E-state index in [9.17, 15) is 0 Å². The minimum atomic E-state index is 0.278. The van der Waals surface area contributed by atoms with Gasteiger partial charge in [-0.3, -0.25) is 0 Å². The standard InChI is InChI=1S/C14H25N3O/c1-5-12(15-4)10(3)14-16-13(17-18-14)11-7-6-9(2)8-11/h9-12,15H,5-8H2,1-4H3. The van der Waals surface area contributed by atoms with E-state index in [1.54, 1.807) is 0 Å². The molecule has 0 aliphatic heterocycles. The van der Waals surface area contributed by atoms with Crippen molar-refractivity contribution < 1.29 is 4.52 Å². The van der Waals surface area contributed by atoms with E-state index in [0.29, 0.717) is 12.0 Å². The fraction of sp³-hybridized carbons (Fsp3) is 0.857. The van der Waals surface area contributed by atoms with Gasteiger partial charge < -0.3 is 9.84 Å². The first-order valence-corrected chi connectivity index (χ1v) is 7.16. The van der Waals surface area contributed by atoms with Gasteiger partial charge in [0.1, 0.15) is 0 Å². The third-order valence-electron chi connectivity index (χ3n) is 4.32. The van der Waals surface area contributed by atoms with Gasteiger partial charge in [0, 0.05) is 12.0 Å². The van der Waals surface area contributed by atoms with E-state index in [1.807, 2.05) is 7.05 Å². The Kier molecular flexibility index (Phi) is 4.38. The van der Waals surface area contributed by atoms with Crippen LogP contribution in [0.2, 0.25) is 0 Å². The lowest BCUT2D eigenvalue weighted by molar-refractivity contribution is 0.322. The summed E-state index contributed by atoms with van der Waals surface area (Å²) >= 11 is 0. The van der Waals surface area contributed by atoms with E-state index < -0.39 is 0 Å². The van der Waals surface area contributed by atoms with Crippen molar-refractivity contribution in [2.45, 2.75) is 64.3 Å². The predicted molar refractivity (Wildman–Crippen MR) is 71.6 cm³/mol. The van der Waals surface area contributed by atoms with Crippen LogP contribution >= 0.6 is 0 Å². The molecule has 0 radical (unpaired) electrons. The highest BCUT2D eigenvalue weighted by Gasteiger charge is 2.28. The summed E-state index contributed by atoms with van der Waals surface area (Å²) in [5, 5.41) is 7.50. The molecule has 1 aromatic heterocycles. The lowest BCUT2D eigenvalue weighted by atomic mass is 9.99. The zero-order valence-corrected chi connectivity index (χ0v) is 11.9. The van der Waals surface area contributed by atoms with Gasteiger partial charge in [0.2, 0.25) is 5.89 Å². The number of likely N-dealkylation sites (N-methyl/N-ethyl adjacent to an activating group) is 1. The summed E-state index contributed by atoms with van der Waals surface area (Å²) in [5.74, 6) is 3.30. The molecule has 102 valence electrons. The van der Waals surface area contributed by atoms with Gasteiger partial charge >= 0.3 is 0 Å². The Hall–Kier alpha value is -0.900. The normalized spacial score (nSPS) is 27.3. The molecule has 4 nitrogen and oxygen atoms in total. The molecule has 1 heterocycles. The van der Waals surface area contributed by atoms with Crippen molar-refractivity contribution in [3.8, 4) is 0 Å². The summed E-state index contributed by atoms with van der Waals surface area (Å²) in [6.45, 7) is 6.63. The number of rotatable bonds is 5. The Labute approximate surface area is 110 Å². The zero-order chi connectivity index (χ0) is 13.1. The molecule has 0 saturated heterocycles. The molecule has 0 amide bonds. The van der Waals surface area contributed by atoms with Gasteiger partial charge in [0.25, 0.3) is 0 Å². The van der Waals surface area contributed by atoms with Crippen LogP contribution in [0.5, 0.6) is 0 Å². The number of nitrogens with one attached hydrogen (secondary N) is 1. The maximum Gasteiger partial charge on any atom is 0.231 e. The Balaban J connectivity index is 2.05. The average Bonchev–Trinajstić information content (AvgIpc) is 2.98. The highest BCUT2D eigenvalue weighted by atomic mass is 16.5. The average molecular weight is 251 g/mol. The van der Waals surface area contributed by atoms with Crippen LogP contribution in [0.25, 0.3) is 0 Å². The largest absolute Gasteiger partial charge is 0.339 e. The van der Waals surface area contributed by atoms with Crippen molar-refractivity contribution in [1.82, 2.24) is 15.5 Å². The number of nitrogens with zero attached hydrogens (tertiary/aromatic N) is 2. The molecule has 1 aliphatic rings. The molecule has 4 unspecified atom stereocenters. The third-order valence-corrected chi connectivity index (χ3v) is 4.32. The van der Waals surface area contributed by atoms with Crippen molar-refractivity contribution >= 4 is 0 Å².